The van der Waals surface area contributed by atoms with Crippen molar-refractivity contribution in [2.24, 2.45) is 5.92 Å². The number of aromatic nitrogens is 2. The lowest BCUT2D eigenvalue weighted by molar-refractivity contribution is -0.161. The van der Waals surface area contributed by atoms with Crippen LogP contribution >= 0.6 is 15.6 Å². The molecule has 386 valence electrons. The fourth-order valence-electron chi connectivity index (χ4n) is 6.64. The van der Waals surface area contributed by atoms with E-state index in [0.717, 1.165) is 55.2 Å². The second-order valence-corrected chi connectivity index (χ2v) is 19.7. The van der Waals surface area contributed by atoms with E-state index in [1.165, 1.54) is 38.2 Å². The van der Waals surface area contributed by atoms with Crippen molar-refractivity contribution in [3.05, 3.63) is 83.5 Å². The normalized spacial score (nSPS) is 20.9. The van der Waals surface area contributed by atoms with E-state index in [1.807, 2.05) is 36.5 Å². The quantitative estimate of drug-likeness (QED) is 0.0121. The molecule has 9 atom stereocenters. The van der Waals surface area contributed by atoms with Crippen LogP contribution in [0.1, 0.15) is 143 Å². The van der Waals surface area contributed by atoms with Crippen LogP contribution in [0.2, 0.25) is 0 Å². The van der Waals surface area contributed by atoms with Crippen molar-refractivity contribution in [1.29, 1.82) is 0 Å². The van der Waals surface area contributed by atoms with Gasteiger partial charge < -0.3 is 45.1 Å². The summed E-state index contributed by atoms with van der Waals surface area (Å²) in [5, 5.41) is 30.9. The zero-order valence-corrected chi connectivity index (χ0v) is 41.7. The standard InChI is InChI=1S/C47H77N3O16P2/c1-4-6-7-8-18-23-28-38(51)29-24-19-14-10-12-16-21-26-31-43(53)64-39(34-61-42(52)30-25-20-15-11-9-13-17-22-27-37(3)5-2)35-62-67(57,58)66-68(59,60)63-36-40-44(54)45(55)46(65-40)50-33-32-41(48)49-47(50)56/h6-7,12,14,16,18-19,23-24,29,32-33,37-40,44-46,51,54-55H,4-5,8-11,13,15,17,20-22,25-28,30-31,34-36H2,1-3H3,(H,57,58)(H,59,60)(H2,48,49,56)/b7-6-,16-12-,19-14-,23-18-,29-24+/t37?,38?,39-,40-,44-,45-,46-/m1/s1. The predicted octanol–water partition coefficient (Wildman–Crippen LogP) is 7.99. The Bertz CT molecular complexity index is 1910. The summed E-state index contributed by atoms with van der Waals surface area (Å²) in [6, 6.07) is 1.24. The topological polar surface area (TPSA) is 286 Å². The maximum atomic E-state index is 12.8. The Balaban J connectivity index is 1.87. The minimum Gasteiger partial charge on any atom is -0.462 e. The number of carbonyl (C=O) groups is 2. The molecule has 2 rings (SSSR count). The molecule has 1 fully saturated rings. The van der Waals surface area contributed by atoms with Crippen molar-refractivity contribution >= 4 is 33.4 Å². The second kappa shape index (κ2) is 34.7. The first-order valence-electron chi connectivity index (χ1n) is 23.8. The van der Waals surface area contributed by atoms with Gasteiger partial charge in [-0.25, -0.2) is 13.9 Å². The highest BCUT2D eigenvalue weighted by molar-refractivity contribution is 7.61. The molecule has 21 heteroatoms. The molecule has 2 heterocycles. The van der Waals surface area contributed by atoms with E-state index < -0.39 is 89.8 Å². The maximum absolute atomic E-state index is 12.8. The van der Waals surface area contributed by atoms with Crippen LogP contribution in [-0.2, 0) is 46.3 Å². The summed E-state index contributed by atoms with van der Waals surface area (Å²) in [5.74, 6) is -0.656. The summed E-state index contributed by atoms with van der Waals surface area (Å²) in [6.07, 6.45) is 26.5. The third-order valence-electron chi connectivity index (χ3n) is 10.7. The number of unbranched alkanes of at least 4 members (excludes halogenated alkanes) is 8. The highest BCUT2D eigenvalue weighted by Gasteiger charge is 2.46. The number of hydrogen-bond donors (Lipinski definition) is 6. The van der Waals surface area contributed by atoms with Crippen LogP contribution in [0.3, 0.4) is 0 Å². The number of hydrogen-bond acceptors (Lipinski definition) is 16. The van der Waals surface area contributed by atoms with Crippen LogP contribution in [0.15, 0.2) is 77.8 Å². The summed E-state index contributed by atoms with van der Waals surface area (Å²) < 4.78 is 56.5. The number of aliphatic hydroxyl groups excluding tert-OH is 3. The first-order valence-corrected chi connectivity index (χ1v) is 26.8. The van der Waals surface area contributed by atoms with Crippen LogP contribution < -0.4 is 11.4 Å². The molecule has 0 spiro atoms. The highest BCUT2D eigenvalue weighted by atomic mass is 31.3. The highest BCUT2D eigenvalue weighted by Crippen LogP contribution is 2.60. The van der Waals surface area contributed by atoms with Crippen LogP contribution in [-0.4, -0.2) is 96.9 Å². The van der Waals surface area contributed by atoms with Crippen LogP contribution in [0.5, 0.6) is 0 Å². The van der Waals surface area contributed by atoms with Gasteiger partial charge in [0.05, 0.1) is 19.3 Å². The number of rotatable bonds is 37. The Labute approximate surface area is 401 Å². The number of nitrogen functional groups attached to an aromatic ring is 1. The largest absolute Gasteiger partial charge is 0.481 e. The lowest BCUT2D eigenvalue weighted by Gasteiger charge is -2.21. The lowest BCUT2D eigenvalue weighted by Crippen LogP contribution is -2.36. The third-order valence-corrected chi connectivity index (χ3v) is 13.3. The van der Waals surface area contributed by atoms with Gasteiger partial charge in [-0.2, -0.15) is 9.29 Å². The smallest absolute Gasteiger partial charge is 0.462 e. The minimum absolute atomic E-state index is 0.0620. The molecular formula is C47H77N3O16P2. The van der Waals surface area contributed by atoms with E-state index in [4.69, 9.17) is 29.0 Å². The van der Waals surface area contributed by atoms with E-state index in [1.54, 1.807) is 12.2 Å². The second-order valence-electron chi connectivity index (χ2n) is 16.7. The van der Waals surface area contributed by atoms with E-state index in [0.29, 0.717) is 32.1 Å². The number of anilines is 1. The molecule has 1 aromatic rings. The number of phosphoric ester groups is 2. The molecule has 7 N–H and O–H groups in total. The summed E-state index contributed by atoms with van der Waals surface area (Å²) >= 11 is 0. The molecule has 0 saturated carbocycles. The summed E-state index contributed by atoms with van der Waals surface area (Å²) in [5.41, 5.74) is 4.57. The summed E-state index contributed by atoms with van der Waals surface area (Å²) in [4.78, 5) is 61.7. The number of aliphatic hydroxyl groups is 3. The van der Waals surface area contributed by atoms with Crippen molar-refractivity contribution in [2.45, 2.75) is 173 Å². The molecule has 0 radical (unpaired) electrons. The molecular weight excluding hydrogens is 924 g/mol. The van der Waals surface area contributed by atoms with Gasteiger partial charge in [-0.15, -0.1) is 0 Å². The molecule has 1 aromatic heterocycles. The Morgan fingerprint density at radius 3 is 2.19 bits per heavy atom. The first-order chi connectivity index (χ1) is 32.5. The van der Waals surface area contributed by atoms with E-state index in [9.17, 15) is 48.6 Å². The zero-order valence-electron chi connectivity index (χ0n) is 39.9. The van der Waals surface area contributed by atoms with Gasteiger partial charge in [-0.3, -0.25) is 23.2 Å². The average molecular weight is 1000 g/mol. The summed E-state index contributed by atoms with van der Waals surface area (Å²) in [6.45, 7) is 4.16. The Hall–Kier alpha value is -3.58. The molecule has 0 bridgehead atoms. The zero-order chi connectivity index (χ0) is 50.2. The van der Waals surface area contributed by atoms with Gasteiger partial charge in [0.25, 0.3) is 0 Å². The Kier molecular flexibility index (Phi) is 30.9. The SMILES string of the molecule is CC/C=C\C/C=C\CC(O)/C=C/C=C\C/C=C\CCCC(=O)O[C@H](COC(=O)CCCCCCCCCCC(C)CC)COP(=O)(O)OP(=O)(O)OC[C@H]1O[C@@H](n2ccc(N)nc2=O)[C@H](O)[C@@H]1O. The molecule has 1 saturated heterocycles. The molecule has 1 aliphatic heterocycles. The van der Waals surface area contributed by atoms with Crippen molar-refractivity contribution in [2.75, 3.05) is 25.6 Å². The average Bonchev–Trinajstić information content (AvgIpc) is 3.57. The number of ether oxygens (including phenoxy) is 3. The first kappa shape index (κ1) is 60.5. The van der Waals surface area contributed by atoms with Crippen LogP contribution in [0, 0.1) is 5.92 Å². The van der Waals surface area contributed by atoms with Gasteiger partial charge in [0.1, 0.15) is 30.7 Å². The lowest BCUT2D eigenvalue weighted by atomic mass is 9.99. The van der Waals surface area contributed by atoms with Gasteiger partial charge in [0, 0.05) is 19.0 Å². The fourth-order valence-corrected chi connectivity index (χ4v) is 8.75. The number of nitrogens with zero attached hydrogens (tertiary/aromatic N) is 2. The maximum Gasteiger partial charge on any atom is 0.481 e. The van der Waals surface area contributed by atoms with Gasteiger partial charge in [0.2, 0.25) is 0 Å². The fraction of sp³-hybridized carbons (Fsp3) is 0.660. The van der Waals surface area contributed by atoms with Gasteiger partial charge in [0.15, 0.2) is 12.3 Å². The van der Waals surface area contributed by atoms with Crippen LogP contribution in [0.25, 0.3) is 0 Å². The number of esters is 2. The van der Waals surface area contributed by atoms with E-state index in [-0.39, 0.29) is 18.7 Å². The number of nitrogens with two attached hydrogens (primary N) is 1. The number of phosphoric acid groups is 2. The molecule has 0 aromatic carbocycles. The van der Waals surface area contributed by atoms with Crippen molar-refractivity contribution < 1.29 is 71.4 Å². The molecule has 4 unspecified atom stereocenters. The summed E-state index contributed by atoms with van der Waals surface area (Å²) in [7, 11) is -10.9. The molecule has 19 nitrogen and oxygen atoms in total. The molecule has 1 aliphatic rings. The molecule has 0 amide bonds. The number of carbonyl (C=O) groups excluding carboxylic acids is 2. The van der Waals surface area contributed by atoms with Gasteiger partial charge in [-0.05, 0) is 56.9 Å². The molecule has 68 heavy (non-hydrogen) atoms. The van der Waals surface area contributed by atoms with Crippen molar-refractivity contribution in [3.8, 4) is 0 Å². The van der Waals surface area contributed by atoms with Gasteiger partial charge in [-0.1, -0.05) is 139 Å². The number of allylic oxidation sites excluding steroid dienone is 8. The Morgan fingerprint density at radius 1 is 0.838 bits per heavy atom. The Morgan fingerprint density at radius 2 is 1.49 bits per heavy atom. The predicted molar refractivity (Wildman–Crippen MR) is 258 cm³/mol. The van der Waals surface area contributed by atoms with Gasteiger partial charge >= 0.3 is 33.3 Å². The van der Waals surface area contributed by atoms with Crippen molar-refractivity contribution in [3.63, 3.8) is 0 Å². The third kappa shape index (κ3) is 27.6. The van der Waals surface area contributed by atoms with E-state index >= 15 is 0 Å². The van der Waals surface area contributed by atoms with Crippen LogP contribution in [0.4, 0.5) is 5.82 Å². The van der Waals surface area contributed by atoms with E-state index in [2.05, 4.69) is 42.2 Å². The van der Waals surface area contributed by atoms with Crippen molar-refractivity contribution in [1.82, 2.24) is 9.55 Å². The monoisotopic (exact) mass is 1000 g/mol. The molecule has 0 aliphatic carbocycles. The minimum atomic E-state index is -5.45.